The Labute approximate surface area is 72.9 Å². The number of aliphatic hydroxyl groups is 1. The molecule has 5 heteroatoms. The van der Waals surface area contributed by atoms with E-state index in [1.807, 2.05) is 0 Å². The smallest absolute Gasteiger partial charge is 0.225 e. The van der Waals surface area contributed by atoms with Crippen molar-refractivity contribution in [3.63, 3.8) is 0 Å². The number of hydrogen-bond donors (Lipinski definition) is 3. The Balaban J connectivity index is 2.95. The van der Waals surface area contributed by atoms with Crippen molar-refractivity contribution >= 4 is 5.65 Å². The summed E-state index contributed by atoms with van der Waals surface area (Å²) < 4.78 is 1.52. The molecule has 2 aromatic rings. The standard InChI is InChI=1S/C8H8N2O3/c11-4-5-3-6(12)7(13)8-9-1-2-10(5)8/h1-3,9,11,13H,4H2. The van der Waals surface area contributed by atoms with E-state index in [9.17, 15) is 9.90 Å². The van der Waals surface area contributed by atoms with Gasteiger partial charge >= 0.3 is 0 Å². The number of fused-ring (bicyclic) bond motifs is 1. The Hall–Kier alpha value is -1.75. The van der Waals surface area contributed by atoms with Gasteiger partial charge in [0.05, 0.1) is 12.3 Å². The number of H-pyrrole nitrogens is 1. The number of aromatic nitrogens is 2. The molecule has 3 N–H and O–H groups in total. The van der Waals surface area contributed by atoms with Crippen LogP contribution in [0.25, 0.3) is 5.65 Å². The van der Waals surface area contributed by atoms with Crippen molar-refractivity contribution in [2.45, 2.75) is 6.61 Å². The second-order valence-corrected chi connectivity index (χ2v) is 2.69. The number of aromatic amines is 1. The number of pyridine rings is 1. The van der Waals surface area contributed by atoms with Crippen LogP contribution in [0.2, 0.25) is 0 Å². The molecule has 0 saturated carbocycles. The van der Waals surface area contributed by atoms with Crippen LogP contribution in [0.1, 0.15) is 5.69 Å². The van der Waals surface area contributed by atoms with Gasteiger partial charge in [-0.3, -0.25) is 4.79 Å². The van der Waals surface area contributed by atoms with Crippen molar-refractivity contribution in [2.75, 3.05) is 0 Å². The summed E-state index contributed by atoms with van der Waals surface area (Å²) in [6, 6.07) is 1.20. The van der Waals surface area contributed by atoms with E-state index in [1.54, 1.807) is 12.4 Å². The number of aliphatic hydroxyl groups excluding tert-OH is 1. The minimum atomic E-state index is -0.494. The quantitative estimate of drug-likeness (QED) is 0.570. The molecule has 2 aromatic heterocycles. The molecule has 13 heavy (non-hydrogen) atoms. The summed E-state index contributed by atoms with van der Waals surface area (Å²) in [6.07, 6.45) is 3.20. The van der Waals surface area contributed by atoms with Crippen LogP contribution in [0.5, 0.6) is 5.75 Å². The maximum absolute atomic E-state index is 11.1. The van der Waals surface area contributed by atoms with E-state index < -0.39 is 5.43 Å². The normalized spacial score (nSPS) is 10.8. The summed E-state index contributed by atoms with van der Waals surface area (Å²) in [5, 5.41) is 18.2. The van der Waals surface area contributed by atoms with Gasteiger partial charge in [-0.25, -0.2) is 0 Å². The topological polar surface area (TPSA) is 77.7 Å². The number of nitrogens with zero attached hydrogens (tertiary/aromatic N) is 1. The molecule has 2 heterocycles. The zero-order valence-electron chi connectivity index (χ0n) is 6.69. The van der Waals surface area contributed by atoms with Crippen LogP contribution in [0.4, 0.5) is 0 Å². The molecule has 0 aliphatic rings. The van der Waals surface area contributed by atoms with E-state index >= 15 is 0 Å². The number of rotatable bonds is 1. The summed E-state index contributed by atoms with van der Waals surface area (Å²) in [5.74, 6) is -0.331. The van der Waals surface area contributed by atoms with Crippen molar-refractivity contribution in [1.82, 2.24) is 9.38 Å². The molecular weight excluding hydrogens is 172 g/mol. The van der Waals surface area contributed by atoms with Crippen molar-refractivity contribution in [2.24, 2.45) is 0 Å². The van der Waals surface area contributed by atoms with Gasteiger partial charge in [0.1, 0.15) is 0 Å². The van der Waals surface area contributed by atoms with Crippen LogP contribution in [0.15, 0.2) is 23.3 Å². The van der Waals surface area contributed by atoms with Gasteiger partial charge < -0.3 is 19.6 Å². The lowest BCUT2D eigenvalue weighted by Crippen LogP contribution is -2.07. The molecule has 0 atom stereocenters. The summed E-state index contributed by atoms with van der Waals surface area (Å²) in [6.45, 7) is -0.242. The van der Waals surface area contributed by atoms with Gasteiger partial charge in [-0.15, -0.1) is 0 Å². The molecule has 0 radical (unpaired) electrons. The lowest BCUT2D eigenvalue weighted by molar-refractivity contribution is 0.275. The van der Waals surface area contributed by atoms with Crippen LogP contribution in [0.3, 0.4) is 0 Å². The molecule has 0 bridgehead atoms. The van der Waals surface area contributed by atoms with Crippen LogP contribution >= 0.6 is 0 Å². The molecule has 0 fully saturated rings. The maximum Gasteiger partial charge on any atom is 0.225 e. The molecule has 0 aliphatic carbocycles. The van der Waals surface area contributed by atoms with E-state index in [0.29, 0.717) is 11.3 Å². The Bertz CT molecular complexity index is 498. The number of imidazole rings is 1. The number of aromatic hydroxyl groups is 1. The molecule has 68 valence electrons. The second-order valence-electron chi connectivity index (χ2n) is 2.69. The van der Waals surface area contributed by atoms with Gasteiger partial charge in [-0.1, -0.05) is 0 Å². The highest BCUT2D eigenvalue weighted by molar-refractivity contribution is 5.53. The molecular formula is C8H8N2O3. The SMILES string of the molecule is O=c1cc(CO)n2cc[nH]c2c1O. The third-order valence-corrected chi connectivity index (χ3v) is 1.91. The van der Waals surface area contributed by atoms with Crippen molar-refractivity contribution < 1.29 is 10.2 Å². The fraction of sp³-hybridized carbons (Fsp3) is 0.125. The highest BCUT2D eigenvalue weighted by Crippen LogP contribution is 2.12. The molecule has 5 nitrogen and oxygen atoms in total. The Morgan fingerprint density at radius 1 is 1.54 bits per heavy atom. The van der Waals surface area contributed by atoms with E-state index in [-0.39, 0.29) is 12.4 Å². The first-order valence-corrected chi connectivity index (χ1v) is 3.75. The first-order chi connectivity index (χ1) is 6.24. The van der Waals surface area contributed by atoms with Crippen LogP contribution < -0.4 is 5.43 Å². The Morgan fingerprint density at radius 3 is 3.00 bits per heavy atom. The maximum atomic E-state index is 11.1. The first-order valence-electron chi connectivity index (χ1n) is 3.75. The molecule has 2 rings (SSSR count). The van der Waals surface area contributed by atoms with E-state index in [1.165, 1.54) is 10.5 Å². The lowest BCUT2D eigenvalue weighted by atomic mass is 10.3. The fourth-order valence-corrected chi connectivity index (χ4v) is 1.28. The predicted molar refractivity (Wildman–Crippen MR) is 45.6 cm³/mol. The predicted octanol–water partition coefficient (Wildman–Crippen LogP) is -0.175. The van der Waals surface area contributed by atoms with Crippen LogP contribution in [-0.2, 0) is 6.61 Å². The molecule has 0 aromatic carbocycles. The first kappa shape index (κ1) is 7.88. The third-order valence-electron chi connectivity index (χ3n) is 1.91. The van der Waals surface area contributed by atoms with Gasteiger partial charge in [0, 0.05) is 18.5 Å². The van der Waals surface area contributed by atoms with Crippen molar-refractivity contribution in [1.29, 1.82) is 0 Å². The Kier molecular flexibility index (Phi) is 1.60. The largest absolute Gasteiger partial charge is 0.502 e. The van der Waals surface area contributed by atoms with Gasteiger partial charge in [0.25, 0.3) is 0 Å². The summed E-state index contributed by atoms with van der Waals surface area (Å²) in [7, 11) is 0. The Morgan fingerprint density at radius 2 is 2.31 bits per heavy atom. The van der Waals surface area contributed by atoms with E-state index in [0.717, 1.165) is 0 Å². The van der Waals surface area contributed by atoms with Crippen molar-refractivity contribution in [3.05, 3.63) is 34.4 Å². The minimum absolute atomic E-state index is 0.242. The minimum Gasteiger partial charge on any atom is -0.502 e. The van der Waals surface area contributed by atoms with Crippen molar-refractivity contribution in [3.8, 4) is 5.75 Å². The fourth-order valence-electron chi connectivity index (χ4n) is 1.28. The van der Waals surface area contributed by atoms with Crippen LogP contribution in [-0.4, -0.2) is 19.6 Å². The molecule has 0 spiro atoms. The number of hydrogen-bond acceptors (Lipinski definition) is 3. The summed E-state index contributed by atoms with van der Waals surface area (Å²) in [4.78, 5) is 13.8. The highest BCUT2D eigenvalue weighted by atomic mass is 16.3. The summed E-state index contributed by atoms with van der Waals surface area (Å²) >= 11 is 0. The summed E-state index contributed by atoms with van der Waals surface area (Å²) in [5.41, 5.74) is 0.252. The highest BCUT2D eigenvalue weighted by Gasteiger charge is 2.07. The van der Waals surface area contributed by atoms with Gasteiger partial charge in [-0.05, 0) is 0 Å². The average Bonchev–Trinajstić information content (AvgIpc) is 2.60. The molecule has 0 unspecified atom stereocenters. The monoisotopic (exact) mass is 180 g/mol. The zero-order valence-corrected chi connectivity index (χ0v) is 6.69. The molecule has 0 saturated heterocycles. The van der Waals surface area contributed by atoms with Gasteiger partial charge in [-0.2, -0.15) is 0 Å². The van der Waals surface area contributed by atoms with Gasteiger partial charge in [0.15, 0.2) is 5.65 Å². The molecule has 0 amide bonds. The second kappa shape index (κ2) is 2.63. The third kappa shape index (κ3) is 1.01. The molecule has 0 aliphatic heterocycles. The van der Waals surface area contributed by atoms with Gasteiger partial charge in [0.2, 0.25) is 11.2 Å². The van der Waals surface area contributed by atoms with Crippen LogP contribution in [0, 0.1) is 0 Å². The van der Waals surface area contributed by atoms with E-state index in [4.69, 9.17) is 5.11 Å². The van der Waals surface area contributed by atoms with E-state index in [2.05, 4.69) is 4.98 Å². The number of nitrogens with one attached hydrogen (secondary N) is 1. The average molecular weight is 180 g/mol. The lowest BCUT2D eigenvalue weighted by Gasteiger charge is -2.01. The zero-order chi connectivity index (χ0) is 9.42.